The summed E-state index contributed by atoms with van der Waals surface area (Å²) in [5.74, 6) is 6.33. The quantitative estimate of drug-likeness (QED) is 0.493. The average molecular weight is 358 g/mol. The molecule has 2 aliphatic heterocycles. The number of halogens is 1. The first-order chi connectivity index (χ1) is 8.76. The second kappa shape index (κ2) is 5.45. The van der Waals surface area contributed by atoms with Crippen LogP contribution in [0, 0.1) is 9.49 Å². The van der Waals surface area contributed by atoms with E-state index in [2.05, 4.69) is 52.3 Å². The molecule has 0 radical (unpaired) electrons. The van der Waals surface area contributed by atoms with Crippen molar-refractivity contribution in [3.05, 3.63) is 33.4 Å². The fourth-order valence-corrected chi connectivity index (χ4v) is 3.67. The smallest absolute Gasteiger partial charge is 0.0624 e. The third-order valence-electron chi connectivity index (χ3n) is 4.25. The summed E-state index contributed by atoms with van der Waals surface area (Å²) in [6.45, 7) is 0. The molecule has 1 aromatic rings. The van der Waals surface area contributed by atoms with Crippen LogP contribution in [-0.4, -0.2) is 18.2 Å². The molecule has 0 saturated carbocycles. The molecule has 3 N–H and O–H groups in total. The Hall–Kier alpha value is -0.170. The van der Waals surface area contributed by atoms with Crippen LogP contribution in [-0.2, 0) is 11.2 Å². The number of fused-ring (bicyclic) bond motifs is 2. The molecule has 4 atom stereocenters. The fourth-order valence-electron chi connectivity index (χ4n) is 3.31. The molecule has 0 aliphatic carbocycles. The Labute approximate surface area is 122 Å². The molecular weight excluding hydrogens is 339 g/mol. The van der Waals surface area contributed by atoms with Crippen molar-refractivity contribution in [3.8, 4) is 0 Å². The second-order valence-electron chi connectivity index (χ2n) is 5.38. The second-order valence-corrected chi connectivity index (χ2v) is 6.62. The molecule has 18 heavy (non-hydrogen) atoms. The van der Waals surface area contributed by atoms with Gasteiger partial charge >= 0.3 is 0 Å². The molecule has 0 amide bonds. The molecule has 2 saturated heterocycles. The van der Waals surface area contributed by atoms with Crippen LogP contribution >= 0.6 is 22.6 Å². The Kier molecular flexibility index (Phi) is 3.89. The number of nitrogens with one attached hydrogen (secondary N) is 1. The van der Waals surface area contributed by atoms with Crippen molar-refractivity contribution in [2.24, 2.45) is 11.8 Å². The van der Waals surface area contributed by atoms with E-state index in [9.17, 15) is 0 Å². The topological polar surface area (TPSA) is 47.3 Å². The van der Waals surface area contributed by atoms with E-state index < -0.39 is 0 Å². The molecule has 2 fully saturated rings. The van der Waals surface area contributed by atoms with Gasteiger partial charge in [0.2, 0.25) is 0 Å². The SMILES string of the molecule is NNC(Cc1ccc(I)cc1)C1CC2CCC1O2. The van der Waals surface area contributed by atoms with E-state index in [1.165, 1.54) is 28.4 Å². The molecule has 4 unspecified atom stereocenters. The van der Waals surface area contributed by atoms with Crippen LogP contribution in [0.5, 0.6) is 0 Å². The first-order valence-corrected chi connectivity index (χ1v) is 7.70. The van der Waals surface area contributed by atoms with E-state index in [0.717, 1.165) is 6.42 Å². The number of ether oxygens (including phenoxy) is 1. The van der Waals surface area contributed by atoms with Gasteiger partial charge in [-0.1, -0.05) is 12.1 Å². The molecule has 0 spiro atoms. The molecule has 2 bridgehead atoms. The van der Waals surface area contributed by atoms with Crippen LogP contribution in [0.1, 0.15) is 24.8 Å². The maximum atomic E-state index is 5.93. The van der Waals surface area contributed by atoms with Crippen molar-refractivity contribution in [2.75, 3.05) is 0 Å². The van der Waals surface area contributed by atoms with E-state index in [0.29, 0.717) is 24.2 Å². The van der Waals surface area contributed by atoms with Gasteiger partial charge in [0.15, 0.2) is 0 Å². The molecule has 2 aliphatic rings. The van der Waals surface area contributed by atoms with Gasteiger partial charge in [0, 0.05) is 15.5 Å². The maximum Gasteiger partial charge on any atom is 0.0624 e. The molecule has 3 nitrogen and oxygen atoms in total. The maximum absolute atomic E-state index is 5.93. The third-order valence-corrected chi connectivity index (χ3v) is 4.97. The first kappa shape index (κ1) is 12.8. The van der Waals surface area contributed by atoms with Crippen LogP contribution in [0.15, 0.2) is 24.3 Å². The monoisotopic (exact) mass is 358 g/mol. The van der Waals surface area contributed by atoms with Crippen LogP contribution in [0.3, 0.4) is 0 Å². The zero-order valence-electron chi connectivity index (χ0n) is 10.3. The van der Waals surface area contributed by atoms with Gasteiger partial charge in [0.1, 0.15) is 0 Å². The van der Waals surface area contributed by atoms with Gasteiger partial charge in [-0.25, -0.2) is 0 Å². The van der Waals surface area contributed by atoms with Gasteiger partial charge in [-0.3, -0.25) is 11.3 Å². The lowest BCUT2D eigenvalue weighted by Crippen LogP contribution is -2.45. The van der Waals surface area contributed by atoms with Crippen LogP contribution in [0.2, 0.25) is 0 Å². The van der Waals surface area contributed by atoms with E-state index in [1.54, 1.807) is 0 Å². The highest BCUT2D eigenvalue weighted by Gasteiger charge is 2.43. The Morgan fingerprint density at radius 3 is 2.67 bits per heavy atom. The number of nitrogens with two attached hydrogens (primary N) is 1. The molecular formula is C14H19IN2O. The first-order valence-electron chi connectivity index (χ1n) is 6.62. The Morgan fingerprint density at radius 2 is 2.11 bits per heavy atom. The number of hydrogen-bond donors (Lipinski definition) is 2. The van der Waals surface area contributed by atoms with Crippen molar-refractivity contribution in [3.63, 3.8) is 0 Å². The largest absolute Gasteiger partial charge is 0.375 e. The zero-order valence-corrected chi connectivity index (χ0v) is 12.5. The predicted molar refractivity (Wildman–Crippen MR) is 80.0 cm³/mol. The van der Waals surface area contributed by atoms with Crippen molar-refractivity contribution < 1.29 is 4.74 Å². The lowest BCUT2D eigenvalue weighted by molar-refractivity contribution is 0.0857. The summed E-state index contributed by atoms with van der Waals surface area (Å²) in [4.78, 5) is 0. The van der Waals surface area contributed by atoms with Crippen LogP contribution < -0.4 is 11.3 Å². The van der Waals surface area contributed by atoms with E-state index in [4.69, 9.17) is 10.6 Å². The lowest BCUT2D eigenvalue weighted by Gasteiger charge is -2.28. The van der Waals surface area contributed by atoms with Gasteiger partial charge in [-0.05, 0) is 66.0 Å². The zero-order chi connectivity index (χ0) is 12.5. The molecule has 3 rings (SSSR count). The van der Waals surface area contributed by atoms with Crippen molar-refractivity contribution in [2.45, 2.75) is 43.9 Å². The minimum absolute atomic E-state index is 0.334. The molecule has 2 heterocycles. The van der Waals surface area contributed by atoms with Crippen LogP contribution in [0.4, 0.5) is 0 Å². The van der Waals surface area contributed by atoms with E-state index in [1.807, 2.05) is 0 Å². The highest BCUT2D eigenvalue weighted by molar-refractivity contribution is 14.1. The normalized spacial score (nSPS) is 31.8. The highest BCUT2D eigenvalue weighted by Crippen LogP contribution is 2.40. The fraction of sp³-hybridized carbons (Fsp3) is 0.571. The van der Waals surface area contributed by atoms with Crippen molar-refractivity contribution in [1.82, 2.24) is 5.43 Å². The predicted octanol–water partition coefficient (Wildman–Crippen LogP) is 2.23. The van der Waals surface area contributed by atoms with E-state index in [-0.39, 0.29) is 0 Å². The molecule has 4 heteroatoms. The minimum atomic E-state index is 0.334. The van der Waals surface area contributed by atoms with Gasteiger partial charge in [-0.15, -0.1) is 0 Å². The summed E-state index contributed by atoms with van der Waals surface area (Å²) in [5.41, 5.74) is 4.36. The van der Waals surface area contributed by atoms with Gasteiger partial charge in [0.25, 0.3) is 0 Å². The Balaban J connectivity index is 1.67. The lowest BCUT2D eigenvalue weighted by atomic mass is 9.82. The molecule has 1 aromatic carbocycles. The van der Waals surface area contributed by atoms with Crippen LogP contribution in [0.25, 0.3) is 0 Å². The Morgan fingerprint density at radius 1 is 1.33 bits per heavy atom. The van der Waals surface area contributed by atoms with Gasteiger partial charge < -0.3 is 4.74 Å². The van der Waals surface area contributed by atoms with Gasteiger partial charge in [0.05, 0.1) is 12.2 Å². The average Bonchev–Trinajstić information content (AvgIpc) is 3.00. The van der Waals surface area contributed by atoms with Crippen molar-refractivity contribution in [1.29, 1.82) is 0 Å². The van der Waals surface area contributed by atoms with Crippen molar-refractivity contribution >= 4 is 22.6 Å². The number of rotatable bonds is 4. The highest BCUT2D eigenvalue weighted by atomic mass is 127. The molecule has 0 aromatic heterocycles. The minimum Gasteiger partial charge on any atom is -0.375 e. The third kappa shape index (κ3) is 2.57. The summed E-state index contributed by atoms with van der Waals surface area (Å²) in [6, 6.07) is 9.03. The van der Waals surface area contributed by atoms with E-state index >= 15 is 0 Å². The summed E-state index contributed by atoms with van der Waals surface area (Å²) in [6.07, 6.45) is 5.53. The summed E-state index contributed by atoms with van der Waals surface area (Å²) in [5, 5.41) is 0. The number of hydrazine groups is 1. The number of benzene rings is 1. The summed E-state index contributed by atoms with van der Waals surface area (Å²) in [7, 11) is 0. The van der Waals surface area contributed by atoms with Gasteiger partial charge in [-0.2, -0.15) is 0 Å². The number of hydrogen-bond acceptors (Lipinski definition) is 3. The summed E-state index contributed by atoms with van der Waals surface area (Å²) < 4.78 is 7.20. The molecule has 98 valence electrons. The Bertz CT molecular complexity index is 409. The standard InChI is InChI=1S/C14H19IN2O/c15-10-3-1-9(2-4-10)7-13(17-16)12-8-11-5-6-14(12)18-11/h1-4,11-14,17H,5-8,16H2. The summed E-state index contributed by atoms with van der Waals surface area (Å²) >= 11 is 2.33.